The van der Waals surface area contributed by atoms with Crippen LogP contribution in [0.2, 0.25) is 0 Å². The van der Waals surface area contributed by atoms with Crippen LogP contribution in [0.5, 0.6) is 5.75 Å². The quantitative estimate of drug-likeness (QED) is 0.509. The molecule has 31 heavy (non-hydrogen) atoms. The Balaban J connectivity index is 1.52. The van der Waals surface area contributed by atoms with Crippen LogP contribution < -0.4 is 4.74 Å². The van der Waals surface area contributed by atoms with Gasteiger partial charge >= 0.3 is 5.97 Å². The molecule has 0 unspecified atom stereocenters. The zero-order chi connectivity index (χ0) is 22.4. The number of aliphatic hydroxyl groups excluding tert-OH is 1. The van der Waals surface area contributed by atoms with Crippen LogP contribution in [0.15, 0.2) is 30.4 Å². The van der Waals surface area contributed by atoms with Gasteiger partial charge in [-0.3, -0.25) is 4.79 Å². The summed E-state index contributed by atoms with van der Waals surface area (Å²) in [5, 5.41) is 30.1. The van der Waals surface area contributed by atoms with E-state index in [0.29, 0.717) is 25.9 Å². The third kappa shape index (κ3) is 6.48. The van der Waals surface area contributed by atoms with Crippen LogP contribution in [-0.4, -0.2) is 52.3 Å². The first kappa shape index (κ1) is 23.6. The summed E-state index contributed by atoms with van der Waals surface area (Å²) in [6.45, 7) is 0.291. The van der Waals surface area contributed by atoms with Gasteiger partial charge in [-0.1, -0.05) is 12.2 Å². The van der Waals surface area contributed by atoms with Gasteiger partial charge in [0.05, 0.1) is 11.7 Å². The van der Waals surface area contributed by atoms with E-state index in [-0.39, 0.29) is 36.7 Å². The molecule has 172 valence electrons. The average Bonchev–Trinajstić information content (AvgIpc) is 2.90. The molecular weight excluding hydrogens is 410 g/mol. The molecule has 8 heteroatoms. The minimum absolute atomic E-state index is 0.0751. The maximum absolute atomic E-state index is 13.6. The van der Waals surface area contributed by atoms with Crippen molar-refractivity contribution in [1.82, 2.24) is 0 Å². The van der Waals surface area contributed by atoms with Gasteiger partial charge in [-0.15, -0.1) is 0 Å². The van der Waals surface area contributed by atoms with E-state index in [1.807, 2.05) is 0 Å². The maximum atomic E-state index is 13.6. The zero-order valence-corrected chi connectivity index (χ0v) is 17.4. The lowest BCUT2D eigenvalue weighted by Crippen LogP contribution is -2.35. The fourth-order valence-electron chi connectivity index (χ4n) is 4.55. The first-order chi connectivity index (χ1) is 14.8. The molecule has 1 saturated heterocycles. The molecule has 0 aromatic heterocycles. The fourth-order valence-corrected chi connectivity index (χ4v) is 4.55. The van der Waals surface area contributed by atoms with Crippen molar-refractivity contribution in [3.8, 4) is 5.75 Å². The van der Waals surface area contributed by atoms with Gasteiger partial charge in [-0.2, -0.15) is 0 Å². The van der Waals surface area contributed by atoms with E-state index in [1.54, 1.807) is 6.08 Å². The van der Waals surface area contributed by atoms with Gasteiger partial charge in [0.15, 0.2) is 11.6 Å². The molecule has 1 saturated carbocycles. The van der Waals surface area contributed by atoms with Crippen molar-refractivity contribution in [3.63, 3.8) is 0 Å². The molecule has 1 heterocycles. The highest BCUT2D eigenvalue weighted by Crippen LogP contribution is 2.44. The molecule has 2 fully saturated rings. The first-order valence-electron chi connectivity index (χ1n) is 10.8. The van der Waals surface area contributed by atoms with Crippen LogP contribution >= 0.6 is 0 Å². The van der Waals surface area contributed by atoms with Gasteiger partial charge in [0.1, 0.15) is 18.5 Å². The van der Waals surface area contributed by atoms with E-state index in [2.05, 4.69) is 0 Å². The number of rotatable bonds is 9. The minimum Gasteiger partial charge on any atom is -0.487 e. The minimum atomic E-state index is -1.12. The maximum Gasteiger partial charge on any atom is 0.303 e. The number of carboxylic acid groups (broad SMARTS) is 1. The van der Waals surface area contributed by atoms with E-state index < -0.39 is 29.3 Å². The number of benzene rings is 1. The monoisotopic (exact) mass is 440 g/mol. The van der Waals surface area contributed by atoms with Crippen LogP contribution in [0.4, 0.5) is 8.78 Å². The lowest BCUT2D eigenvalue weighted by atomic mass is 9.83. The Kier molecular flexibility index (Phi) is 8.02. The Hall–Kier alpha value is -2.03. The molecule has 0 radical (unpaired) electrons. The van der Waals surface area contributed by atoms with Gasteiger partial charge < -0.3 is 24.8 Å². The molecule has 1 aromatic rings. The van der Waals surface area contributed by atoms with E-state index in [1.165, 1.54) is 6.08 Å². The molecular formula is C23H30F2O6. The molecule has 3 N–H and O–H groups in total. The molecule has 1 aliphatic carbocycles. The van der Waals surface area contributed by atoms with Gasteiger partial charge in [-0.25, -0.2) is 8.78 Å². The average molecular weight is 440 g/mol. The summed E-state index contributed by atoms with van der Waals surface area (Å²) in [5.41, 5.74) is -1.12. The Morgan fingerprint density at radius 3 is 2.90 bits per heavy atom. The predicted octanol–water partition coefficient (Wildman–Crippen LogP) is 3.45. The number of carbonyl (C=O) groups is 1. The third-order valence-corrected chi connectivity index (χ3v) is 6.26. The predicted molar refractivity (Wildman–Crippen MR) is 109 cm³/mol. The summed E-state index contributed by atoms with van der Waals surface area (Å²) in [7, 11) is 0. The number of halogens is 2. The van der Waals surface area contributed by atoms with Gasteiger partial charge in [0.2, 0.25) is 0 Å². The molecule has 0 spiro atoms. The summed E-state index contributed by atoms with van der Waals surface area (Å²) in [6, 6.07) is 2.85. The number of hydrogen-bond acceptors (Lipinski definition) is 5. The van der Waals surface area contributed by atoms with Crippen molar-refractivity contribution in [3.05, 3.63) is 42.0 Å². The zero-order valence-electron chi connectivity index (χ0n) is 17.4. The Morgan fingerprint density at radius 1 is 1.32 bits per heavy atom. The second-order valence-corrected chi connectivity index (χ2v) is 8.55. The van der Waals surface area contributed by atoms with Crippen molar-refractivity contribution in [2.75, 3.05) is 13.2 Å². The lowest BCUT2D eigenvalue weighted by Gasteiger charge is -2.29. The standard InChI is InChI=1S/C23H30F2O6/c24-16-5-7-19(25)21(12-16)31-14-17(26)8-10-23(29)11-9-20-18(23)6-4-15(13-30-20)2-1-3-22(27)28/h5,7-8,10,12,15,17-18,20,26,29H,1-4,6,9,11,13-14H2,(H,27,28)/b10-8+/t15-,17+,18+,20-,23-/m0/s1. The summed E-state index contributed by atoms with van der Waals surface area (Å²) in [4.78, 5) is 10.7. The van der Waals surface area contributed by atoms with Crippen molar-refractivity contribution in [2.45, 2.75) is 62.8 Å². The second-order valence-electron chi connectivity index (χ2n) is 8.55. The normalized spacial score (nSPS) is 29.5. The van der Waals surface area contributed by atoms with Crippen LogP contribution in [-0.2, 0) is 9.53 Å². The molecule has 3 rings (SSSR count). The Bertz CT molecular complexity index is 785. The number of hydrogen-bond donors (Lipinski definition) is 3. The molecule has 0 bridgehead atoms. The van der Waals surface area contributed by atoms with Crippen LogP contribution in [0.1, 0.15) is 44.9 Å². The van der Waals surface area contributed by atoms with Gasteiger partial charge in [0, 0.05) is 25.0 Å². The van der Waals surface area contributed by atoms with Gasteiger partial charge in [-0.05, 0) is 56.6 Å². The molecule has 0 amide bonds. The first-order valence-corrected chi connectivity index (χ1v) is 10.8. The summed E-state index contributed by atoms with van der Waals surface area (Å²) in [6.07, 6.45) is 6.18. The topological polar surface area (TPSA) is 96.2 Å². The lowest BCUT2D eigenvalue weighted by molar-refractivity contribution is -0.137. The summed E-state index contributed by atoms with van der Waals surface area (Å²) < 4.78 is 38.0. The van der Waals surface area contributed by atoms with E-state index in [9.17, 15) is 23.8 Å². The molecule has 2 aliphatic rings. The Morgan fingerprint density at radius 2 is 2.13 bits per heavy atom. The number of carboxylic acids is 1. The molecule has 6 nitrogen and oxygen atoms in total. The van der Waals surface area contributed by atoms with Crippen molar-refractivity contribution < 1.29 is 38.4 Å². The highest BCUT2D eigenvalue weighted by atomic mass is 19.1. The number of ether oxygens (including phenoxy) is 2. The number of fused-ring (bicyclic) bond motifs is 1. The molecule has 1 aromatic carbocycles. The largest absolute Gasteiger partial charge is 0.487 e. The summed E-state index contributed by atoms with van der Waals surface area (Å²) >= 11 is 0. The smallest absolute Gasteiger partial charge is 0.303 e. The molecule has 5 atom stereocenters. The highest BCUT2D eigenvalue weighted by Gasteiger charge is 2.47. The van der Waals surface area contributed by atoms with E-state index >= 15 is 0 Å². The number of aliphatic hydroxyl groups is 2. The highest BCUT2D eigenvalue weighted by molar-refractivity contribution is 5.66. The van der Waals surface area contributed by atoms with Gasteiger partial charge in [0.25, 0.3) is 0 Å². The van der Waals surface area contributed by atoms with Crippen LogP contribution in [0, 0.1) is 23.5 Å². The SMILES string of the molecule is O=C(O)CCC[C@H]1CC[C@@H]2[C@H](CC[C@@]2(O)/C=C/[C@@H](O)COc2cc(F)ccc2F)OC1. The van der Waals surface area contributed by atoms with Crippen LogP contribution in [0.3, 0.4) is 0 Å². The Labute approximate surface area is 180 Å². The van der Waals surface area contributed by atoms with E-state index in [0.717, 1.165) is 37.5 Å². The van der Waals surface area contributed by atoms with Crippen molar-refractivity contribution in [1.29, 1.82) is 0 Å². The van der Waals surface area contributed by atoms with Crippen molar-refractivity contribution in [2.24, 2.45) is 11.8 Å². The van der Waals surface area contributed by atoms with E-state index in [4.69, 9.17) is 14.6 Å². The molecule has 1 aliphatic heterocycles. The number of aliphatic carboxylic acids is 1. The second kappa shape index (κ2) is 10.5. The van der Waals surface area contributed by atoms with Crippen LogP contribution in [0.25, 0.3) is 0 Å². The van der Waals surface area contributed by atoms with Crippen molar-refractivity contribution >= 4 is 5.97 Å². The third-order valence-electron chi connectivity index (χ3n) is 6.26. The fraction of sp³-hybridized carbons (Fsp3) is 0.609. The summed E-state index contributed by atoms with van der Waals surface area (Å²) in [5.74, 6) is -2.27.